The van der Waals surface area contributed by atoms with Crippen LogP contribution in [0.5, 0.6) is 0 Å². The molecule has 1 N–H and O–H groups in total. The first kappa shape index (κ1) is 16.4. The third-order valence-electron chi connectivity index (χ3n) is 3.25. The van der Waals surface area contributed by atoms with Crippen molar-refractivity contribution < 1.29 is 18.7 Å². The molecule has 0 saturated carbocycles. The van der Waals surface area contributed by atoms with Gasteiger partial charge in [-0.1, -0.05) is 0 Å². The van der Waals surface area contributed by atoms with Crippen molar-refractivity contribution >= 4 is 21.8 Å². The normalized spacial score (nSPS) is 17.9. The second-order valence-electron chi connectivity index (χ2n) is 4.94. The first-order valence-corrected chi connectivity index (χ1v) is 7.88. The van der Waals surface area contributed by atoms with E-state index >= 15 is 0 Å². The summed E-state index contributed by atoms with van der Waals surface area (Å²) in [5, 5.41) is 2.79. The van der Waals surface area contributed by atoms with Crippen molar-refractivity contribution in [1.29, 1.82) is 0 Å². The number of ether oxygens (including phenoxy) is 2. The third-order valence-corrected chi connectivity index (χ3v) is 3.91. The van der Waals surface area contributed by atoms with E-state index in [9.17, 15) is 9.18 Å². The number of carbonyl (C=O) groups is 1. The molecule has 2 rings (SSSR count). The predicted molar refractivity (Wildman–Crippen MR) is 80.8 cm³/mol. The molecule has 0 radical (unpaired) electrons. The van der Waals surface area contributed by atoms with Crippen LogP contribution in [0.3, 0.4) is 0 Å². The quantitative estimate of drug-likeness (QED) is 0.761. The second-order valence-corrected chi connectivity index (χ2v) is 5.80. The topological polar surface area (TPSA) is 47.6 Å². The van der Waals surface area contributed by atoms with E-state index in [4.69, 9.17) is 9.47 Å². The molecule has 0 aromatic heterocycles. The maximum absolute atomic E-state index is 12.9. The smallest absolute Gasteiger partial charge is 0.252 e. The van der Waals surface area contributed by atoms with Gasteiger partial charge in [-0.05, 0) is 53.4 Å². The van der Waals surface area contributed by atoms with Gasteiger partial charge in [0.05, 0.1) is 18.3 Å². The maximum atomic E-state index is 12.9. The Morgan fingerprint density at radius 2 is 2.38 bits per heavy atom. The fourth-order valence-electron chi connectivity index (χ4n) is 2.14. The maximum Gasteiger partial charge on any atom is 0.252 e. The molecule has 1 aromatic rings. The van der Waals surface area contributed by atoms with Gasteiger partial charge in [0.25, 0.3) is 5.91 Å². The summed E-state index contributed by atoms with van der Waals surface area (Å²) in [6.45, 7) is 2.56. The first-order chi connectivity index (χ1) is 10.2. The number of hydrogen-bond acceptors (Lipinski definition) is 3. The lowest BCUT2D eigenvalue weighted by atomic mass is 10.2. The van der Waals surface area contributed by atoms with Crippen LogP contribution >= 0.6 is 15.9 Å². The Morgan fingerprint density at radius 3 is 3.10 bits per heavy atom. The Morgan fingerprint density at radius 1 is 1.52 bits per heavy atom. The van der Waals surface area contributed by atoms with Gasteiger partial charge in [-0.3, -0.25) is 4.79 Å². The summed E-state index contributed by atoms with van der Waals surface area (Å²) in [6, 6.07) is 4.01. The standard InChI is InChI=1S/C15H19BrFNO3/c16-14-9-11(17)4-5-13(14)15(19)18-6-2-7-20-10-12-3-1-8-21-12/h4-5,9,12H,1-3,6-8,10H2,(H,18,19). The summed E-state index contributed by atoms with van der Waals surface area (Å²) in [5.41, 5.74) is 0.427. The minimum absolute atomic E-state index is 0.221. The number of rotatable bonds is 7. The van der Waals surface area contributed by atoms with Crippen molar-refractivity contribution in [3.63, 3.8) is 0 Å². The SMILES string of the molecule is O=C(NCCCOCC1CCCO1)c1ccc(F)cc1Br. The van der Waals surface area contributed by atoms with Gasteiger partial charge in [0.2, 0.25) is 0 Å². The zero-order valence-electron chi connectivity index (χ0n) is 11.7. The minimum atomic E-state index is -0.374. The van der Waals surface area contributed by atoms with Gasteiger partial charge in [-0.2, -0.15) is 0 Å². The molecule has 1 unspecified atom stereocenters. The second kappa shape index (κ2) is 8.46. The first-order valence-electron chi connectivity index (χ1n) is 7.09. The predicted octanol–water partition coefficient (Wildman–Crippen LogP) is 2.90. The number of hydrogen-bond donors (Lipinski definition) is 1. The fourth-order valence-corrected chi connectivity index (χ4v) is 2.67. The zero-order valence-corrected chi connectivity index (χ0v) is 13.3. The number of carbonyl (C=O) groups excluding carboxylic acids is 1. The largest absolute Gasteiger partial charge is 0.379 e. The summed E-state index contributed by atoms with van der Waals surface area (Å²) in [6.07, 6.45) is 3.14. The molecular formula is C15H19BrFNO3. The van der Waals surface area contributed by atoms with Gasteiger partial charge < -0.3 is 14.8 Å². The van der Waals surface area contributed by atoms with Crippen molar-refractivity contribution in [2.45, 2.75) is 25.4 Å². The van der Waals surface area contributed by atoms with Crippen LogP contribution < -0.4 is 5.32 Å². The molecule has 1 saturated heterocycles. The van der Waals surface area contributed by atoms with E-state index < -0.39 is 0 Å². The highest BCUT2D eigenvalue weighted by Crippen LogP contribution is 2.17. The molecule has 0 spiro atoms. The van der Waals surface area contributed by atoms with Crippen LogP contribution in [-0.2, 0) is 9.47 Å². The Hall–Kier alpha value is -0.980. The van der Waals surface area contributed by atoms with E-state index in [2.05, 4.69) is 21.2 Å². The molecule has 1 heterocycles. The average molecular weight is 360 g/mol. The van der Waals surface area contributed by atoms with E-state index in [1.165, 1.54) is 18.2 Å². The number of amides is 1. The van der Waals surface area contributed by atoms with Gasteiger partial charge >= 0.3 is 0 Å². The van der Waals surface area contributed by atoms with Gasteiger partial charge in [0, 0.05) is 24.2 Å². The summed E-state index contributed by atoms with van der Waals surface area (Å²) in [7, 11) is 0. The number of halogens is 2. The van der Waals surface area contributed by atoms with E-state index in [-0.39, 0.29) is 17.8 Å². The molecule has 6 heteroatoms. The third kappa shape index (κ3) is 5.37. The average Bonchev–Trinajstić information content (AvgIpc) is 2.95. The molecule has 1 aliphatic rings. The monoisotopic (exact) mass is 359 g/mol. The van der Waals surface area contributed by atoms with Crippen molar-refractivity contribution in [3.8, 4) is 0 Å². The van der Waals surface area contributed by atoms with Crippen LogP contribution in [0.4, 0.5) is 4.39 Å². The van der Waals surface area contributed by atoms with Crippen molar-refractivity contribution in [3.05, 3.63) is 34.1 Å². The van der Waals surface area contributed by atoms with Crippen molar-refractivity contribution in [1.82, 2.24) is 5.32 Å². The zero-order chi connectivity index (χ0) is 15.1. The molecule has 1 amide bonds. The van der Waals surface area contributed by atoms with E-state index in [0.717, 1.165) is 25.9 Å². The molecule has 0 bridgehead atoms. The van der Waals surface area contributed by atoms with Gasteiger partial charge in [0.15, 0.2) is 0 Å². The lowest BCUT2D eigenvalue weighted by Crippen LogP contribution is -2.26. The van der Waals surface area contributed by atoms with E-state index in [0.29, 0.717) is 29.8 Å². The highest BCUT2D eigenvalue weighted by molar-refractivity contribution is 9.10. The highest BCUT2D eigenvalue weighted by Gasteiger charge is 2.15. The van der Waals surface area contributed by atoms with Crippen LogP contribution in [0.1, 0.15) is 29.6 Å². The molecule has 0 aliphatic carbocycles. The summed E-state index contributed by atoms with van der Waals surface area (Å²) in [5.74, 6) is -0.595. The lowest BCUT2D eigenvalue weighted by molar-refractivity contribution is 0.0166. The molecule has 4 nitrogen and oxygen atoms in total. The molecule has 1 atom stereocenters. The number of benzene rings is 1. The van der Waals surface area contributed by atoms with Crippen LogP contribution in [-0.4, -0.2) is 38.4 Å². The lowest BCUT2D eigenvalue weighted by Gasteiger charge is -2.10. The summed E-state index contributed by atoms with van der Waals surface area (Å²) < 4.78 is 24.4. The van der Waals surface area contributed by atoms with Crippen LogP contribution in [0.15, 0.2) is 22.7 Å². The minimum Gasteiger partial charge on any atom is -0.379 e. The van der Waals surface area contributed by atoms with Gasteiger partial charge in [0.1, 0.15) is 5.82 Å². The Kier molecular flexibility index (Phi) is 6.60. The van der Waals surface area contributed by atoms with Crippen molar-refractivity contribution in [2.24, 2.45) is 0 Å². The van der Waals surface area contributed by atoms with Crippen LogP contribution in [0.2, 0.25) is 0 Å². The Bertz CT molecular complexity index is 478. The Balaban J connectivity index is 1.60. The number of nitrogens with one attached hydrogen (secondary N) is 1. The molecule has 1 aliphatic heterocycles. The van der Waals surface area contributed by atoms with Crippen molar-refractivity contribution in [2.75, 3.05) is 26.4 Å². The summed E-state index contributed by atoms with van der Waals surface area (Å²) >= 11 is 3.18. The molecule has 21 heavy (non-hydrogen) atoms. The van der Waals surface area contributed by atoms with E-state index in [1.807, 2.05) is 0 Å². The van der Waals surface area contributed by atoms with Gasteiger partial charge in [-0.15, -0.1) is 0 Å². The molecule has 116 valence electrons. The Labute approximate surface area is 132 Å². The molecular weight excluding hydrogens is 341 g/mol. The van der Waals surface area contributed by atoms with Crippen LogP contribution in [0, 0.1) is 5.82 Å². The highest BCUT2D eigenvalue weighted by atomic mass is 79.9. The molecule has 1 aromatic carbocycles. The summed E-state index contributed by atoms with van der Waals surface area (Å²) in [4.78, 5) is 11.9. The van der Waals surface area contributed by atoms with Crippen LogP contribution in [0.25, 0.3) is 0 Å². The fraction of sp³-hybridized carbons (Fsp3) is 0.533. The van der Waals surface area contributed by atoms with Gasteiger partial charge in [-0.25, -0.2) is 4.39 Å². The van der Waals surface area contributed by atoms with E-state index in [1.54, 1.807) is 0 Å². The molecule has 1 fully saturated rings.